The summed E-state index contributed by atoms with van der Waals surface area (Å²) in [5.41, 5.74) is 2.68. The summed E-state index contributed by atoms with van der Waals surface area (Å²) in [7, 11) is 1.98. The molecule has 0 aliphatic carbocycles. The second-order valence-electron chi connectivity index (χ2n) is 12.9. The van der Waals surface area contributed by atoms with Gasteiger partial charge in [-0.15, -0.1) is 0 Å². The van der Waals surface area contributed by atoms with Crippen LogP contribution in [-0.2, 0) is 9.59 Å². The number of hydrogen-bond acceptors (Lipinski definition) is 5. The van der Waals surface area contributed by atoms with Gasteiger partial charge in [0.1, 0.15) is 17.7 Å². The topological polar surface area (TPSA) is 102 Å². The van der Waals surface area contributed by atoms with Crippen molar-refractivity contribution in [2.75, 3.05) is 38.1 Å². The van der Waals surface area contributed by atoms with Crippen molar-refractivity contribution >= 4 is 23.5 Å². The summed E-state index contributed by atoms with van der Waals surface area (Å²) >= 11 is 0. The minimum Gasteiger partial charge on any atom is -0.481 e. The largest absolute Gasteiger partial charge is 0.481 e. The molecular weight excluding hydrogens is 609 g/mol. The summed E-state index contributed by atoms with van der Waals surface area (Å²) in [5, 5.41) is 15.0. The Labute approximate surface area is 274 Å². The molecule has 252 valence electrons. The first-order chi connectivity index (χ1) is 22.2. The zero-order chi connectivity index (χ0) is 34.6. The highest BCUT2D eigenvalue weighted by atomic mass is 19.1. The molecule has 0 bridgehead atoms. The number of rotatable bonds is 11. The predicted octanol–water partition coefficient (Wildman–Crippen LogP) is 5.92. The van der Waals surface area contributed by atoms with Crippen LogP contribution in [0.25, 0.3) is 11.1 Å². The van der Waals surface area contributed by atoms with E-state index >= 15 is 8.78 Å². The molecule has 1 fully saturated rings. The predicted molar refractivity (Wildman–Crippen MR) is 176 cm³/mol. The minimum absolute atomic E-state index is 0.0561. The summed E-state index contributed by atoms with van der Waals surface area (Å²) in [6, 6.07) is 7.88. The number of carbonyl (C=O) groups excluding carboxylic acids is 2. The van der Waals surface area contributed by atoms with Gasteiger partial charge in [0.05, 0.1) is 23.7 Å². The second-order valence-corrected chi connectivity index (χ2v) is 12.9. The Kier molecular flexibility index (Phi) is 11.3. The Morgan fingerprint density at radius 2 is 1.51 bits per heavy atom. The molecule has 11 heteroatoms. The molecule has 0 saturated carbocycles. The van der Waals surface area contributed by atoms with E-state index in [0.29, 0.717) is 41.0 Å². The SMILES string of the molecule is Cc1cc(-c2c(C)cc(F)cc2C)cc([C@H](CC(=O)O)NC(=O)[C@H](CC(C)C)NC(=O)c2cccc(N3CCN(C)CC3)c2F)c1F. The lowest BCUT2D eigenvalue weighted by atomic mass is 9.90. The molecule has 0 unspecified atom stereocenters. The number of carbonyl (C=O) groups is 3. The van der Waals surface area contributed by atoms with Crippen molar-refractivity contribution in [2.24, 2.45) is 5.92 Å². The van der Waals surface area contributed by atoms with Gasteiger partial charge in [-0.25, -0.2) is 13.2 Å². The summed E-state index contributed by atoms with van der Waals surface area (Å²) in [6.45, 7) is 11.4. The number of aryl methyl sites for hydroxylation is 3. The first kappa shape index (κ1) is 35.5. The number of nitrogens with zero attached hydrogens (tertiary/aromatic N) is 2. The highest BCUT2D eigenvalue weighted by molar-refractivity contribution is 5.98. The van der Waals surface area contributed by atoms with Gasteiger partial charge in [-0.1, -0.05) is 19.9 Å². The maximum Gasteiger partial charge on any atom is 0.305 e. The van der Waals surface area contributed by atoms with Gasteiger partial charge in [0, 0.05) is 31.7 Å². The summed E-state index contributed by atoms with van der Waals surface area (Å²) in [6.07, 6.45) is -0.483. The molecule has 1 saturated heterocycles. The minimum atomic E-state index is -1.30. The van der Waals surface area contributed by atoms with Gasteiger partial charge in [0.15, 0.2) is 5.82 Å². The number of anilines is 1. The molecule has 1 aliphatic rings. The molecule has 0 spiro atoms. The third-order valence-corrected chi connectivity index (χ3v) is 8.54. The standard InChI is InChI=1S/C36H43F3N4O4/c1-20(2)14-29(41-35(46)26-8-7-9-30(34(26)39)43-12-10-42(6)11-13-43)36(47)40-28(19-31(44)45)27-18-24(15-23(5)33(27)38)32-21(3)16-25(37)17-22(32)4/h7-9,15-18,20,28-29H,10-14,19H2,1-6H3,(H,40,47)(H,41,46)(H,44,45)/t28-,29-/m0/s1. The van der Waals surface area contributed by atoms with E-state index in [9.17, 15) is 23.9 Å². The summed E-state index contributed by atoms with van der Waals surface area (Å²) in [4.78, 5) is 43.1. The second kappa shape index (κ2) is 15.0. The van der Waals surface area contributed by atoms with E-state index in [1.54, 1.807) is 32.0 Å². The fraction of sp³-hybridized carbons (Fsp3) is 0.417. The van der Waals surface area contributed by atoms with Crippen LogP contribution in [0.1, 0.15) is 65.3 Å². The number of amides is 2. The van der Waals surface area contributed by atoms with Crippen molar-refractivity contribution in [1.82, 2.24) is 15.5 Å². The van der Waals surface area contributed by atoms with Gasteiger partial charge in [0.25, 0.3) is 5.91 Å². The molecule has 0 aromatic heterocycles. The Morgan fingerprint density at radius 1 is 0.872 bits per heavy atom. The van der Waals surface area contributed by atoms with E-state index in [2.05, 4.69) is 15.5 Å². The molecule has 3 N–H and O–H groups in total. The van der Waals surface area contributed by atoms with Gasteiger partial charge in [-0.05, 0) is 104 Å². The number of piperazine rings is 1. The molecule has 1 heterocycles. The Hall–Kier alpha value is -4.38. The van der Waals surface area contributed by atoms with Crippen LogP contribution >= 0.6 is 0 Å². The van der Waals surface area contributed by atoms with Crippen LogP contribution in [-0.4, -0.2) is 67.1 Å². The lowest BCUT2D eigenvalue weighted by Gasteiger charge is -2.34. The molecule has 0 radical (unpaired) electrons. The number of carboxylic acid groups (broad SMARTS) is 1. The lowest BCUT2D eigenvalue weighted by Crippen LogP contribution is -2.49. The number of aliphatic carboxylic acids is 1. The molecule has 3 aromatic carbocycles. The molecule has 4 rings (SSSR count). The molecule has 1 aliphatic heterocycles. The van der Waals surface area contributed by atoms with Crippen LogP contribution < -0.4 is 15.5 Å². The van der Waals surface area contributed by atoms with E-state index in [1.807, 2.05) is 25.8 Å². The lowest BCUT2D eigenvalue weighted by molar-refractivity contribution is -0.137. The quantitative estimate of drug-likeness (QED) is 0.238. The van der Waals surface area contributed by atoms with Crippen LogP contribution in [0, 0.1) is 44.1 Å². The summed E-state index contributed by atoms with van der Waals surface area (Å²) < 4.78 is 45.4. The number of halogens is 3. The molecule has 2 atom stereocenters. The van der Waals surface area contributed by atoms with Crippen LogP contribution in [0.2, 0.25) is 0 Å². The average molecular weight is 653 g/mol. The maximum absolute atomic E-state index is 15.7. The molecule has 47 heavy (non-hydrogen) atoms. The monoisotopic (exact) mass is 652 g/mol. The normalized spacial score (nSPS) is 15.0. The first-order valence-corrected chi connectivity index (χ1v) is 15.8. The van der Waals surface area contributed by atoms with E-state index in [-0.39, 0.29) is 29.0 Å². The highest BCUT2D eigenvalue weighted by Crippen LogP contribution is 2.34. The van der Waals surface area contributed by atoms with Gasteiger partial charge in [-0.2, -0.15) is 0 Å². The zero-order valence-corrected chi connectivity index (χ0v) is 27.7. The van der Waals surface area contributed by atoms with Crippen molar-refractivity contribution in [3.05, 3.63) is 87.7 Å². The fourth-order valence-electron chi connectivity index (χ4n) is 6.17. The van der Waals surface area contributed by atoms with Crippen LogP contribution in [0.3, 0.4) is 0 Å². The van der Waals surface area contributed by atoms with Crippen molar-refractivity contribution in [1.29, 1.82) is 0 Å². The Morgan fingerprint density at radius 3 is 2.11 bits per heavy atom. The van der Waals surface area contributed by atoms with Crippen LogP contribution in [0.4, 0.5) is 18.9 Å². The van der Waals surface area contributed by atoms with Crippen molar-refractivity contribution in [3.8, 4) is 11.1 Å². The fourth-order valence-corrected chi connectivity index (χ4v) is 6.17. The highest BCUT2D eigenvalue weighted by Gasteiger charge is 2.30. The van der Waals surface area contributed by atoms with Gasteiger partial charge >= 0.3 is 5.97 Å². The molecule has 8 nitrogen and oxygen atoms in total. The van der Waals surface area contributed by atoms with Gasteiger partial charge in [0.2, 0.25) is 5.91 Å². The van der Waals surface area contributed by atoms with E-state index in [4.69, 9.17) is 0 Å². The maximum atomic E-state index is 15.7. The number of nitrogens with one attached hydrogen (secondary N) is 2. The molecular formula is C36H43F3N4O4. The third-order valence-electron chi connectivity index (χ3n) is 8.54. The first-order valence-electron chi connectivity index (χ1n) is 15.8. The van der Waals surface area contributed by atoms with E-state index in [0.717, 1.165) is 13.1 Å². The molecule has 2 amide bonds. The third kappa shape index (κ3) is 8.51. The summed E-state index contributed by atoms with van der Waals surface area (Å²) in [5.74, 6) is -4.68. The van der Waals surface area contributed by atoms with Gasteiger partial charge in [-0.3, -0.25) is 14.4 Å². The van der Waals surface area contributed by atoms with E-state index in [1.165, 1.54) is 31.2 Å². The Balaban J connectivity index is 1.64. The number of hydrogen-bond donors (Lipinski definition) is 3. The zero-order valence-electron chi connectivity index (χ0n) is 27.7. The van der Waals surface area contributed by atoms with Crippen molar-refractivity contribution in [2.45, 2.75) is 59.5 Å². The van der Waals surface area contributed by atoms with Crippen molar-refractivity contribution in [3.63, 3.8) is 0 Å². The molecule has 3 aromatic rings. The van der Waals surface area contributed by atoms with Gasteiger partial charge < -0.3 is 25.5 Å². The van der Waals surface area contributed by atoms with Crippen LogP contribution in [0.15, 0.2) is 42.5 Å². The Bertz CT molecular complexity index is 1630. The number of carboxylic acids is 1. The number of benzene rings is 3. The average Bonchev–Trinajstić information content (AvgIpc) is 2.97. The van der Waals surface area contributed by atoms with Crippen LogP contribution in [0.5, 0.6) is 0 Å². The number of likely N-dealkylation sites (N-methyl/N-ethyl adjacent to an activating group) is 1. The van der Waals surface area contributed by atoms with E-state index < -0.39 is 53.7 Å². The van der Waals surface area contributed by atoms with Crippen molar-refractivity contribution < 1.29 is 32.7 Å². The smallest absolute Gasteiger partial charge is 0.305 e.